The first-order valence-electron chi connectivity index (χ1n) is 6.02. The number of likely N-dealkylation sites (N-methyl/N-ethyl adjacent to an activating group) is 1. The van der Waals surface area contributed by atoms with E-state index in [9.17, 15) is 0 Å². The Hall–Kier alpha value is -1.09. The number of rotatable bonds is 1. The normalized spacial score (nSPS) is 20.5. The summed E-state index contributed by atoms with van der Waals surface area (Å²) in [6.07, 6.45) is 1.19. The van der Waals surface area contributed by atoms with Gasteiger partial charge in [0.05, 0.1) is 20.5 Å². The van der Waals surface area contributed by atoms with Crippen LogP contribution in [0.15, 0.2) is 36.4 Å². The van der Waals surface area contributed by atoms with Crippen molar-refractivity contribution in [1.29, 1.82) is 0 Å². The second-order valence-electron chi connectivity index (χ2n) is 5.23. The number of ether oxygens (including phenoxy) is 1. The second kappa shape index (κ2) is 4.54. The van der Waals surface area contributed by atoms with Crippen molar-refractivity contribution in [2.24, 2.45) is 0 Å². The van der Waals surface area contributed by atoms with Crippen LogP contribution in [0.2, 0.25) is 0 Å². The predicted octanol–water partition coefficient (Wildman–Crippen LogP) is -0.0607. The zero-order valence-corrected chi connectivity index (χ0v) is 11.7. The highest BCUT2D eigenvalue weighted by molar-refractivity contribution is 5.97. The molecule has 0 aliphatic carbocycles. The van der Waals surface area contributed by atoms with Gasteiger partial charge in [0.25, 0.3) is 0 Å². The molecular weight excluding hydrogens is 246 g/mol. The minimum Gasteiger partial charge on any atom is -1.00 e. The number of benzene rings is 2. The molecule has 2 nitrogen and oxygen atoms in total. The van der Waals surface area contributed by atoms with E-state index in [1.54, 1.807) is 7.11 Å². The summed E-state index contributed by atoms with van der Waals surface area (Å²) in [7, 11) is 6.25. The lowest BCUT2D eigenvalue weighted by atomic mass is 9.94. The van der Waals surface area contributed by atoms with Crippen molar-refractivity contribution in [3.05, 3.63) is 42.0 Å². The smallest absolute Gasteiger partial charge is 0.201 e. The SMILES string of the molecule is COC1Cc2cccc3cccc(c23)[N+]1(C)C.[Cl-]. The summed E-state index contributed by atoms with van der Waals surface area (Å²) in [6.45, 7) is 0. The molecule has 0 amide bonds. The van der Waals surface area contributed by atoms with Crippen LogP contribution in [0.1, 0.15) is 5.56 Å². The lowest BCUT2D eigenvalue weighted by Gasteiger charge is -2.40. The summed E-state index contributed by atoms with van der Waals surface area (Å²) in [5, 5.41) is 2.74. The Labute approximate surface area is 114 Å². The maximum absolute atomic E-state index is 5.67. The Morgan fingerprint density at radius 3 is 2.44 bits per heavy atom. The molecule has 0 saturated heterocycles. The van der Waals surface area contributed by atoms with Crippen molar-refractivity contribution in [2.75, 3.05) is 21.2 Å². The van der Waals surface area contributed by atoms with Crippen molar-refractivity contribution in [3.63, 3.8) is 0 Å². The van der Waals surface area contributed by atoms with Crippen molar-refractivity contribution >= 4 is 16.5 Å². The zero-order chi connectivity index (χ0) is 12.0. The van der Waals surface area contributed by atoms with E-state index in [0.29, 0.717) is 0 Å². The molecule has 3 rings (SSSR count). The largest absolute Gasteiger partial charge is 1.00 e. The van der Waals surface area contributed by atoms with Crippen LogP contribution in [0.25, 0.3) is 10.8 Å². The molecule has 1 heterocycles. The van der Waals surface area contributed by atoms with Gasteiger partial charge in [-0.3, -0.25) is 4.48 Å². The summed E-state index contributed by atoms with van der Waals surface area (Å²) in [5.41, 5.74) is 2.76. The monoisotopic (exact) mass is 263 g/mol. The van der Waals surface area contributed by atoms with E-state index in [2.05, 4.69) is 50.5 Å². The van der Waals surface area contributed by atoms with E-state index >= 15 is 0 Å². The predicted molar refractivity (Wildman–Crippen MR) is 72.1 cm³/mol. The third kappa shape index (κ3) is 1.72. The number of methoxy groups -OCH3 is 1. The van der Waals surface area contributed by atoms with Crippen molar-refractivity contribution in [1.82, 2.24) is 4.48 Å². The first-order chi connectivity index (χ1) is 8.14. The van der Waals surface area contributed by atoms with E-state index < -0.39 is 0 Å². The molecule has 2 aromatic rings. The fourth-order valence-corrected chi connectivity index (χ4v) is 2.97. The maximum atomic E-state index is 5.67. The molecule has 96 valence electrons. The van der Waals surface area contributed by atoms with Gasteiger partial charge in [0.2, 0.25) is 6.23 Å². The third-order valence-corrected chi connectivity index (χ3v) is 3.98. The van der Waals surface area contributed by atoms with Crippen LogP contribution < -0.4 is 16.9 Å². The molecule has 0 saturated carbocycles. The van der Waals surface area contributed by atoms with Gasteiger partial charge in [0, 0.05) is 12.5 Å². The van der Waals surface area contributed by atoms with Gasteiger partial charge in [-0.1, -0.05) is 30.3 Å². The van der Waals surface area contributed by atoms with Crippen LogP contribution in [-0.4, -0.2) is 27.4 Å². The number of nitrogens with zero attached hydrogens (tertiary/aromatic N) is 1. The van der Waals surface area contributed by atoms with Crippen LogP contribution in [0.3, 0.4) is 0 Å². The molecule has 1 aliphatic heterocycles. The lowest BCUT2D eigenvalue weighted by Crippen LogP contribution is -3.00. The Kier molecular flexibility index (Phi) is 3.37. The Morgan fingerprint density at radius 2 is 1.78 bits per heavy atom. The zero-order valence-electron chi connectivity index (χ0n) is 11.0. The molecule has 0 radical (unpaired) electrons. The van der Waals surface area contributed by atoms with Crippen molar-refractivity contribution in [3.8, 4) is 0 Å². The van der Waals surface area contributed by atoms with Gasteiger partial charge < -0.3 is 17.1 Å². The number of hydrogen-bond acceptors (Lipinski definition) is 1. The minimum atomic E-state index is 0. The molecule has 1 aliphatic rings. The van der Waals surface area contributed by atoms with Crippen LogP contribution in [0, 0.1) is 0 Å². The van der Waals surface area contributed by atoms with E-state index in [4.69, 9.17) is 4.74 Å². The fourth-order valence-electron chi connectivity index (χ4n) is 2.97. The molecule has 0 spiro atoms. The Balaban J connectivity index is 0.00000120. The fraction of sp³-hybridized carbons (Fsp3) is 0.333. The molecule has 3 heteroatoms. The molecule has 0 aromatic heterocycles. The second-order valence-corrected chi connectivity index (χ2v) is 5.23. The average molecular weight is 264 g/mol. The topological polar surface area (TPSA) is 9.23 Å². The van der Waals surface area contributed by atoms with Crippen molar-refractivity contribution < 1.29 is 17.1 Å². The summed E-state index contributed by atoms with van der Waals surface area (Å²) < 4.78 is 6.46. The first-order valence-corrected chi connectivity index (χ1v) is 6.02. The van der Waals surface area contributed by atoms with Gasteiger partial charge in [-0.05, 0) is 17.0 Å². The van der Waals surface area contributed by atoms with Crippen LogP contribution in [0.4, 0.5) is 5.69 Å². The van der Waals surface area contributed by atoms with Gasteiger partial charge in [-0.2, -0.15) is 0 Å². The van der Waals surface area contributed by atoms with E-state index in [0.717, 1.165) is 10.9 Å². The van der Waals surface area contributed by atoms with Gasteiger partial charge in [-0.15, -0.1) is 0 Å². The number of halogens is 1. The summed E-state index contributed by atoms with van der Waals surface area (Å²) in [4.78, 5) is 0. The first kappa shape index (κ1) is 13.3. The quantitative estimate of drug-likeness (QED) is 0.655. The maximum Gasteiger partial charge on any atom is 0.201 e. The molecule has 1 atom stereocenters. The lowest BCUT2D eigenvalue weighted by molar-refractivity contribution is -0.000678. The summed E-state index contributed by atoms with van der Waals surface area (Å²) in [6, 6.07) is 13.1. The minimum absolute atomic E-state index is 0. The van der Waals surface area contributed by atoms with E-state index in [1.165, 1.54) is 22.0 Å². The van der Waals surface area contributed by atoms with Crippen LogP contribution in [0.5, 0.6) is 0 Å². The van der Waals surface area contributed by atoms with Gasteiger partial charge >= 0.3 is 0 Å². The van der Waals surface area contributed by atoms with Gasteiger partial charge in [0.15, 0.2) is 0 Å². The molecular formula is C15H18ClNO. The molecule has 0 N–H and O–H groups in total. The highest BCUT2D eigenvalue weighted by Gasteiger charge is 2.37. The van der Waals surface area contributed by atoms with Crippen LogP contribution in [-0.2, 0) is 11.2 Å². The Morgan fingerprint density at radius 1 is 1.11 bits per heavy atom. The highest BCUT2D eigenvalue weighted by Crippen LogP contribution is 2.39. The van der Waals surface area contributed by atoms with Gasteiger partial charge in [-0.25, -0.2) is 0 Å². The van der Waals surface area contributed by atoms with Crippen LogP contribution >= 0.6 is 0 Å². The van der Waals surface area contributed by atoms with Gasteiger partial charge in [0.1, 0.15) is 5.69 Å². The highest BCUT2D eigenvalue weighted by atomic mass is 35.5. The molecule has 2 aromatic carbocycles. The van der Waals surface area contributed by atoms with E-state index in [1.807, 2.05) is 0 Å². The summed E-state index contributed by atoms with van der Waals surface area (Å²) >= 11 is 0. The van der Waals surface area contributed by atoms with E-state index in [-0.39, 0.29) is 18.6 Å². The Bertz CT molecular complexity index is 574. The molecule has 0 fully saturated rings. The third-order valence-electron chi connectivity index (χ3n) is 3.98. The van der Waals surface area contributed by atoms with Crippen molar-refractivity contribution in [2.45, 2.75) is 12.6 Å². The molecule has 0 bridgehead atoms. The standard InChI is InChI=1S/C15H18NO.ClH/c1-16(2)13-9-5-7-11-6-4-8-12(15(11)13)10-14(16)17-3;/h4-9,14H,10H2,1-3H3;1H/q+1;/p-1. The molecule has 1 unspecified atom stereocenters. The molecule has 18 heavy (non-hydrogen) atoms. The number of quaternary nitrogens is 1. The average Bonchev–Trinajstić information content (AvgIpc) is 2.33. The summed E-state index contributed by atoms with van der Waals surface area (Å²) in [5.74, 6) is 0. The number of hydrogen-bond donors (Lipinski definition) is 0.